The van der Waals surface area contributed by atoms with E-state index in [1.807, 2.05) is 26.0 Å². The van der Waals surface area contributed by atoms with Crippen LogP contribution in [0.1, 0.15) is 62.9 Å². The number of benzene rings is 1. The summed E-state index contributed by atoms with van der Waals surface area (Å²) in [4.78, 5) is 22.3. The number of amides is 1. The lowest BCUT2D eigenvalue weighted by molar-refractivity contribution is -0.116. The molecule has 1 fully saturated rings. The van der Waals surface area contributed by atoms with Gasteiger partial charge in [-0.1, -0.05) is 39.5 Å². The Hall–Kier alpha value is -2.43. The first kappa shape index (κ1) is 18.9. The van der Waals surface area contributed by atoms with Gasteiger partial charge >= 0.3 is 0 Å². The Labute approximate surface area is 166 Å². The number of hydrogen-bond donors (Lipinski definition) is 2. The van der Waals surface area contributed by atoms with Gasteiger partial charge in [0, 0.05) is 12.0 Å². The number of nitrogens with zero attached hydrogens (tertiary/aromatic N) is 2. The van der Waals surface area contributed by atoms with Crippen molar-refractivity contribution < 1.29 is 9.90 Å². The Morgan fingerprint density at radius 1 is 1.21 bits per heavy atom. The van der Waals surface area contributed by atoms with Gasteiger partial charge in [-0.3, -0.25) is 4.79 Å². The lowest BCUT2D eigenvalue weighted by Crippen LogP contribution is -2.20. The third kappa shape index (κ3) is 4.03. The fraction of sp³-hybridized carbons (Fsp3) is 0.522. The molecule has 28 heavy (non-hydrogen) atoms. The highest BCUT2D eigenvalue weighted by atomic mass is 16.3. The zero-order valence-electron chi connectivity index (χ0n) is 16.8. The van der Waals surface area contributed by atoms with E-state index in [0.717, 1.165) is 47.5 Å². The minimum Gasteiger partial charge on any atom is -0.508 e. The van der Waals surface area contributed by atoms with E-state index in [9.17, 15) is 9.90 Å². The Morgan fingerprint density at radius 2 is 2.00 bits per heavy atom. The topological polar surface area (TPSA) is 75.1 Å². The molecule has 5 nitrogen and oxygen atoms in total. The molecule has 2 N–H and O–H groups in total. The summed E-state index contributed by atoms with van der Waals surface area (Å²) >= 11 is 0. The van der Waals surface area contributed by atoms with Gasteiger partial charge in [0.2, 0.25) is 5.91 Å². The van der Waals surface area contributed by atoms with Crippen LogP contribution in [0.15, 0.2) is 18.2 Å². The molecule has 4 rings (SSSR count). The highest BCUT2D eigenvalue weighted by Gasteiger charge is 2.25. The molecule has 1 saturated carbocycles. The Balaban J connectivity index is 1.71. The molecule has 148 valence electrons. The minimum atomic E-state index is 0.0121. The molecular formula is C23H29N3O2. The maximum Gasteiger partial charge on any atom is 0.225 e. The molecule has 0 saturated heterocycles. The number of aromatic hydroxyl groups is 1. The van der Waals surface area contributed by atoms with Gasteiger partial charge in [0.15, 0.2) is 5.82 Å². The van der Waals surface area contributed by atoms with Gasteiger partial charge in [-0.2, -0.15) is 0 Å². The highest BCUT2D eigenvalue weighted by Crippen LogP contribution is 2.36. The van der Waals surface area contributed by atoms with Crippen LogP contribution in [0.4, 0.5) is 5.82 Å². The summed E-state index contributed by atoms with van der Waals surface area (Å²) in [5, 5.41) is 12.9. The SMILES string of the molecule is CC(C)CC(=O)Nc1nc2c(nc1CC1CCCC1)-c1ccc(O)cc1CC2. The molecule has 0 atom stereocenters. The normalized spacial score (nSPS) is 16.1. The van der Waals surface area contributed by atoms with Gasteiger partial charge < -0.3 is 10.4 Å². The molecule has 0 radical (unpaired) electrons. The number of phenolic OH excluding ortho intramolecular Hbond substituents is 1. The maximum atomic E-state index is 12.4. The molecule has 2 aromatic rings. The van der Waals surface area contributed by atoms with Gasteiger partial charge in [-0.05, 0) is 54.9 Å². The largest absolute Gasteiger partial charge is 0.508 e. The van der Waals surface area contributed by atoms with Crippen LogP contribution in [0.25, 0.3) is 11.3 Å². The van der Waals surface area contributed by atoms with Crippen LogP contribution in [0.5, 0.6) is 5.75 Å². The molecule has 0 bridgehead atoms. The minimum absolute atomic E-state index is 0.0121. The number of carbonyl (C=O) groups is 1. The molecule has 1 aromatic carbocycles. The molecule has 0 spiro atoms. The van der Waals surface area contributed by atoms with Crippen molar-refractivity contribution in [2.24, 2.45) is 11.8 Å². The van der Waals surface area contributed by atoms with E-state index in [2.05, 4.69) is 5.32 Å². The summed E-state index contributed by atoms with van der Waals surface area (Å²) in [5.41, 5.74) is 4.93. The number of fused-ring (bicyclic) bond motifs is 3. The zero-order valence-corrected chi connectivity index (χ0v) is 16.8. The van der Waals surface area contributed by atoms with E-state index in [0.29, 0.717) is 29.8 Å². The molecule has 1 amide bonds. The summed E-state index contributed by atoms with van der Waals surface area (Å²) in [6.45, 7) is 4.09. The third-order valence-electron chi connectivity index (χ3n) is 5.82. The van der Waals surface area contributed by atoms with Gasteiger partial charge in [-0.15, -0.1) is 0 Å². The van der Waals surface area contributed by atoms with Crippen LogP contribution in [-0.2, 0) is 24.1 Å². The molecule has 0 unspecified atom stereocenters. The van der Waals surface area contributed by atoms with Crippen molar-refractivity contribution in [3.05, 3.63) is 35.2 Å². The van der Waals surface area contributed by atoms with Crippen molar-refractivity contribution in [2.75, 3.05) is 5.32 Å². The van der Waals surface area contributed by atoms with Crippen LogP contribution in [-0.4, -0.2) is 21.0 Å². The van der Waals surface area contributed by atoms with Crippen molar-refractivity contribution in [1.82, 2.24) is 9.97 Å². The second-order valence-electron chi connectivity index (χ2n) is 8.66. The monoisotopic (exact) mass is 379 g/mol. The standard InChI is InChI=1S/C23H29N3O2/c1-14(2)11-21(28)26-23-20(12-15-5-3-4-6-15)24-22-18-9-8-17(27)13-16(18)7-10-19(22)25-23/h8-9,13-15,27H,3-7,10-12H2,1-2H3,(H,25,26,28). The van der Waals surface area contributed by atoms with Crippen molar-refractivity contribution >= 4 is 11.7 Å². The van der Waals surface area contributed by atoms with Crippen molar-refractivity contribution in [3.8, 4) is 17.0 Å². The predicted molar refractivity (Wildman–Crippen MR) is 110 cm³/mol. The summed E-state index contributed by atoms with van der Waals surface area (Å²) < 4.78 is 0. The number of rotatable bonds is 5. The van der Waals surface area contributed by atoms with E-state index in [1.54, 1.807) is 6.07 Å². The Kier molecular flexibility index (Phi) is 5.33. The quantitative estimate of drug-likeness (QED) is 0.792. The number of hydrogen-bond acceptors (Lipinski definition) is 4. The Bertz CT molecular complexity index is 886. The summed E-state index contributed by atoms with van der Waals surface area (Å²) in [7, 11) is 0. The van der Waals surface area contributed by atoms with Crippen LogP contribution in [0, 0.1) is 11.8 Å². The lowest BCUT2D eigenvalue weighted by atomic mass is 9.91. The van der Waals surface area contributed by atoms with E-state index in [4.69, 9.17) is 9.97 Å². The first-order valence-corrected chi connectivity index (χ1v) is 10.5. The van der Waals surface area contributed by atoms with E-state index >= 15 is 0 Å². The molecule has 1 aromatic heterocycles. The second-order valence-corrected chi connectivity index (χ2v) is 8.66. The average Bonchev–Trinajstić information content (AvgIpc) is 3.14. The molecule has 0 aliphatic heterocycles. The number of anilines is 1. The van der Waals surface area contributed by atoms with Gasteiger partial charge in [-0.25, -0.2) is 9.97 Å². The van der Waals surface area contributed by atoms with Crippen molar-refractivity contribution in [3.63, 3.8) is 0 Å². The lowest BCUT2D eigenvalue weighted by Gasteiger charge is -2.22. The molecule has 2 aliphatic carbocycles. The molecule has 1 heterocycles. The van der Waals surface area contributed by atoms with E-state index < -0.39 is 0 Å². The first-order chi connectivity index (χ1) is 13.5. The predicted octanol–water partition coefficient (Wildman–Crippen LogP) is 4.67. The number of aryl methyl sites for hydroxylation is 2. The van der Waals surface area contributed by atoms with Gasteiger partial charge in [0.25, 0.3) is 0 Å². The summed E-state index contributed by atoms with van der Waals surface area (Å²) in [6, 6.07) is 5.48. The number of nitrogens with one attached hydrogen (secondary N) is 1. The van der Waals surface area contributed by atoms with Gasteiger partial charge in [0.1, 0.15) is 5.75 Å². The molecule has 2 aliphatic rings. The van der Waals surface area contributed by atoms with Crippen LogP contribution >= 0.6 is 0 Å². The Morgan fingerprint density at radius 3 is 2.75 bits per heavy atom. The first-order valence-electron chi connectivity index (χ1n) is 10.5. The van der Waals surface area contributed by atoms with E-state index in [1.165, 1.54) is 25.7 Å². The maximum absolute atomic E-state index is 12.4. The fourth-order valence-corrected chi connectivity index (χ4v) is 4.45. The van der Waals surface area contributed by atoms with Crippen LogP contribution < -0.4 is 5.32 Å². The van der Waals surface area contributed by atoms with Crippen molar-refractivity contribution in [1.29, 1.82) is 0 Å². The van der Waals surface area contributed by atoms with E-state index in [-0.39, 0.29) is 5.91 Å². The number of phenols is 1. The van der Waals surface area contributed by atoms with Crippen molar-refractivity contribution in [2.45, 2.75) is 65.2 Å². The highest BCUT2D eigenvalue weighted by molar-refractivity contribution is 5.90. The smallest absolute Gasteiger partial charge is 0.225 e. The van der Waals surface area contributed by atoms with Crippen LogP contribution in [0.2, 0.25) is 0 Å². The molecule has 5 heteroatoms. The third-order valence-corrected chi connectivity index (χ3v) is 5.82. The molecular weight excluding hydrogens is 350 g/mol. The summed E-state index contributed by atoms with van der Waals surface area (Å²) in [5.74, 6) is 1.88. The fourth-order valence-electron chi connectivity index (χ4n) is 4.45. The zero-order chi connectivity index (χ0) is 19.7. The number of aromatic nitrogens is 2. The number of carbonyl (C=O) groups excluding carboxylic acids is 1. The summed E-state index contributed by atoms with van der Waals surface area (Å²) in [6.07, 6.45) is 7.96. The second kappa shape index (κ2) is 7.90. The van der Waals surface area contributed by atoms with Crippen LogP contribution in [0.3, 0.4) is 0 Å². The average molecular weight is 380 g/mol. The van der Waals surface area contributed by atoms with Gasteiger partial charge in [0.05, 0.1) is 17.1 Å².